The van der Waals surface area contributed by atoms with E-state index in [1.807, 2.05) is 64.3 Å². The Bertz CT molecular complexity index is 946. The highest BCUT2D eigenvalue weighted by molar-refractivity contribution is 7.14. The molecule has 0 spiro atoms. The van der Waals surface area contributed by atoms with Gasteiger partial charge in [0, 0.05) is 35.1 Å². The highest BCUT2D eigenvalue weighted by Gasteiger charge is 2.32. The Kier molecular flexibility index (Phi) is 4.34. The summed E-state index contributed by atoms with van der Waals surface area (Å²) in [5.74, 6) is -0.396. The van der Waals surface area contributed by atoms with Crippen molar-refractivity contribution in [3.8, 4) is 5.69 Å². The summed E-state index contributed by atoms with van der Waals surface area (Å²) in [5.41, 5.74) is 7.00. The Balaban J connectivity index is 1.60. The van der Waals surface area contributed by atoms with E-state index in [1.54, 1.807) is 6.07 Å². The Hall–Kier alpha value is -2.86. The van der Waals surface area contributed by atoms with Crippen molar-refractivity contribution in [1.29, 1.82) is 0 Å². The first kappa shape index (κ1) is 16.6. The van der Waals surface area contributed by atoms with Crippen LogP contribution in [0.1, 0.15) is 43.8 Å². The second kappa shape index (κ2) is 6.80. The van der Waals surface area contributed by atoms with Crippen LogP contribution in [0.4, 0.5) is 0 Å². The lowest BCUT2D eigenvalue weighted by molar-refractivity contribution is 0.0737. The van der Waals surface area contributed by atoms with E-state index in [9.17, 15) is 9.59 Å². The lowest BCUT2D eigenvalue weighted by atomic mass is 10.1. The first-order valence-electron chi connectivity index (χ1n) is 8.57. The van der Waals surface area contributed by atoms with Crippen LogP contribution in [0.3, 0.4) is 0 Å². The molecule has 0 radical (unpaired) electrons. The van der Waals surface area contributed by atoms with Crippen molar-refractivity contribution < 1.29 is 9.59 Å². The predicted molar refractivity (Wildman–Crippen MR) is 102 cm³/mol. The second-order valence-corrected chi connectivity index (χ2v) is 7.48. The zero-order valence-corrected chi connectivity index (χ0v) is 15.0. The van der Waals surface area contributed by atoms with Crippen molar-refractivity contribution >= 4 is 23.2 Å². The zero-order chi connectivity index (χ0) is 18.1. The van der Waals surface area contributed by atoms with E-state index in [0.29, 0.717) is 10.4 Å². The molecule has 3 aromatic rings. The topological polar surface area (TPSA) is 68.3 Å². The van der Waals surface area contributed by atoms with E-state index >= 15 is 0 Å². The molecular formula is C20H19N3O2S. The van der Waals surface area contributed by atoms with Crippen molar-refractivity contribution in [2.45, 2.75) is 18.9 Å². The minimum atomic E-state index is -0.420. The molecule has 0 aliphatic carbocycles. The highest BCUT2D eigenvalue weighted by Crippen LogP contribution is 2.36. The van der Waals surface area contributed by atoms with Gasteiger partial charge in [0.15, 0.2) is 0 Å². The average molecular weight is 365 g/mol. The third-order valence-electron chi connectivity index (χ3n) is 4.71. The number of hydrogen-bond donors (Lipinski definition) is 1. The summed E-state index contributed by atoms with van der Waals surface area (Å²) in [6.45, 7) is 0.723. The van der Waals surface area contributed by atoms with E-state index in [4.69, 9.17) is 5.73 Å². The number of likely N-dealkylation sites (tertiary alicyclic amines) is 1. The maximum absolute atomic E-state index is 13.1. The van der Waals surface area contributed by atoms with Crippen LogP contribution in [-0.4, -0.2) is 27.8 Å². The van der Waals surface area contributed by atoms with Crippen molar-refractivity contribution in [3.05, 3.63) is 76.2 Å². The van der Waals surface area contributed by atoms with Gasteiger partial charge in [0.2, 0.25) is 0 Å². The monoisotopic (exact) mass is 365 g/mol. The summed E-state index contributed by atoms with van der Waals surface area (Å²) in [6.07, 6.45) is 5.78. The van der Waals surface area contributed by atoms with Crippen LogP contribution in [-0.2, 0) is 0 Å². The van der Waals surface area contributed by atoms with Crippen molar-refractivity contribution in [2.75, 3.05) is 6.54 Å². The molecule has 0 bridgehead atoms. The Morgan fingerprint density at radius 3 is 2.62 bits per heavy atom. The van der Waals surface area contributed by atoms with Crippen molar-refractivity contribution in [1.82, 2.24) is 9.47 Å². The maximum Gasteiger partial charge on any atom is 0.258 e. The number of benzene rings is 1. The third-order valence-corrected chi connectivity index (χ3v) is 5.91. The molecule has 1 aliphatic rings. The maximum atomic E-state index is 13.1. The number of primary amides is 1. The summed E-state index contributed by atoms with van der Waals surface area (Å²) in [6, 6.07) is 15.2. The minimum absolute atomic E-state index is 0.0100. The number of rotatable bonds is 4. The molecule has 1 saturated heterocycles. The molecular weight excluding hydrogens is 346 g/mol. The fourth-order valence-electron chi connectivity index (χ4n) is 3.44. The Morgan fingerprint density at radius 1 is 1.08 bits per heavy atom. The molecule has 0 saturated carbocycles. The first-order valence-corrected chi connectivity index (χ1v) is 9.39. The van der Waals surface area contributed by atoms with Crippen LogP contribution in [0.15, 0.2) is 60.9 Å². The van der Waals surface area contributed by atoms with Crippen LogP contribution in [0.5, 0.6) is 0 Å². The van der Waals surface area contributed by atoms with Gasteiger partial charge in [-0.05, 0) is 55.3 Å². The Morgan fingerprint density at radius 2 is 1.88 bits per heavy atom. The van der Waals surface area contributed by atoms with Crippen LogP contribution in [0, 0.1) is 0 Å². The Labute approximate surface area is 155 Å². The quantitative estimate of drug-likeness (QED) is 0.767. The molecule has 2 amide bonds. The van der Waals surface area contributed by atoms with Gasteiger partial charge in [0.1, 0.15) is 0 Å². The number of amides is 2. The molecule has 132 valence electrons. The molecule has 1 aromatic carbocycles. The zero-order valence-electron chi connectivity index (χ0n) is 14.2. The first-order chi connectivity index (χ1) is 12.6. The lowest BCUT2D eigenvalue weighted by Crippen LogP contribution is -2.30. The van der Waals surface area contributed by atoms with E-state index in [2.05, 4.69) is 0 Å². The van der Waals surface area contributed by atoms with E-state index in [-0.39, 0.29) is 11.9 Å². The predicted octanol–water partition coefficient (Wildman–Crippen LogP) is 3.62. The number of hydrogen-bond acceptors (Lipinski definition) is 3. The molecule has 0 unspecified atom stereocenters. The van der Waals surface area contributed by atoms with E-state index in [1.165, 1.54) is 11.3 Å². The summed E-state index contributed by atoms with van der Waals surface area (Å²) < 4.78 is 1.98. The van der Waals surface area contributed by atoms with Gasteiger partial charge in [-0.3, -0.25) is 9.59 Å². The fourth-order valence-corrected chi connectivity index (χ4v) is 4.45. The number of carbonyl (C=O) groups is 2. The number of nitrogens with two attached hydrogens (primary N) is 1. The largest absolute Gasteiger partial charge is 0.365 e. The van der Waals surface area contributed by atoms with E-state index in [0.717, 1.165) is 30.0 Å². The molecule has 3 heterocycles. The standard InChI is InChI=1S/C20H19N3O2S/c21-19(24)18-9-8-17(26-18)16-7-4-12-23(16)20(25)14-5-3-6-15(13-14)22-10-1-2-11-22/h1-3,5-6,8-11,13,16H,4,7,12H2,(H2,21,24)/t16-/m0/s1. The summed E-state index contributed by atoms with van der Waals surface area (Å²) in [5, 5.41) is 0. The number of thiophene rings is 1. The fraction of sp³-hybridized carbons (Fsp3) is 0.200. The molecule has 1 aliphatic heterocycles. The normalized spacial score (nSPS) is 16.8. The van der Waals surface area contributed by atoms with Gasteiger partial charge in [-0.25, -0.2) is 0 Å². The smallest absolute Gasteiger partial charge is 0.258 e. The molecule has 5 nitrogen and oxygen atoms in total. The number of aromatic nitrogens is 1. The van der Waals surface area contributed by atoms with Gasteiger partial charge < -0.3 is 15.2 Å². The van der Waals surface area contributed by atoms with Crippen LogP contribution in [0.2, 0.25) is 0 Å². The SMILES string of the molecule is NC(=O)c1ccc([C@@H]2CCCN2C(=O)c2cccc(-n3cccc3)c2)s1. The van der Waals surface area contributed by atoms with Gasteiger partial charge >= 0.3 is 0 Å². The van der Waals surface area contributed by atoms with Gasteiger partial charge in [-0.1, -0.05) is 6.07 Å². The van der Waals surface area contributed by atoms with Gasteiger partial charge in [-0.15, -0.1) is 11.3 Å². The highest BCUT2D eigenvalue weighted by atomic mass is 32.1. The molecule has 26 heavy (non-hydrogen) atoms. The summed E-state index contributed by atoms with van der Waals surface area (Å²) >= 11 is 1.38. The van der Waals surface area contributed by atoms with E-state index < -0.39 is 5.91 Å². The van der Waals surface area contributed by atoms with Crippen molar-refractivity contribution in [2.24, 2.45) is 5.73 Å². The van der Waals surface area contributed by atoms with Crippen LogP contribution < -0.4 is 5.73 Å². The summed E-state index contributed by atoms with van der Waals surface area (Å²) in [4.78, 5) is 28.0. The molecule has 6 heteroatoms. The minimum Gasteiger partial charge on any atom is -0.365 e. The summed E-state index contributed by atoms with van der Waals surface area (Å²) in [7, 11) is 0. The molecule has 1 atom stereocenters. The third kappa shape index (κ3) is 3.04. The van der Waals surface area contributed by atoms with Crippen LogP contribution >= 0.6 is 11.3 Å². The molecule has 1 fully saturated rings. The molecule has 2 aromatic heterocycles. The number of carbonyl (C=O) groups excluding carboxylic acids is 2. The average Bonchev–Trinajstić information content (AvgIpc) is 3.41. The lowest BCUT2D eigenvalue weighted by Gasteiger charge is -2.24. The van der Waals surface area contributed by atoms with Crippen LogP contribution in [0.25, 0.3) is 5.69 Å². The van der Waals surface area contributed by atoms with Gasteiger partial charge in [0.25, 0.3) is 11.8 Å². The molecule has 4 rings (SSSR count). The second-order valence-electron chi connectivity index (χ2n) is 6.36. The van der Waals surface area contributed by atoms with Gasteiger partial charge in [-0.2, -0.15) is 0 Å². The van der Waals surface area contributed by atoms with Crippen molar-refractivity contribution in [3.63, 3.8) is 0 Å². The van der Waals surface area contributed by atoms with Gasteiger partial charge in [0.05, 0.1) is 10.9 Å². The molecule has 2 N–H and O–H groups in total. The number of nitrogens with zero attached hydrogens (tertiary/aromatic N) is 2.